The molecule has 0 aromatic heterocycles. The van der Waals surface area contributed by atoms with Gasteiger partial charge in [0, 0.05) is 6.54 Å². The van der Waals surface area contributed by atoms with Crippen molar-refractivity contribution >= 4 is 21.6 Å². The molecule has 6 nitrogen and oxygen atoms in total. The topological polar surface area (TPSA) is 75.7 Å². The van der Waals surface area contributed by atoms with Gasteiger partial charge in [0.2, 0.25) is 10.0 Å². The summed E-state index contributed by atoms with van der Waals surface area (Å²) in [6, 6.07) is 12.4. The van der Waals surface area contributed by atoms with Crippen LogP contribution >= 0.6 is 0 Å². The van der Waals surface area contributed by atoms with Gasteiger partial charge in [-0.15, -0.1) is 0 Å². The second-order valence-corrected chi connectivity index (χ2v) is 7.38. The molecule has 140 valence electrons. The Kier molecular flexibility index (Phi) is 6.57. The van der Waals surface area contributed by atoms with Crippen LogP contribution in [0.4, 0.5) is 10.1 Å². The summed E-state index contributed by atoms with van der Waals surface area (Å²) < 4.78 is 44.6. The van der Waals surface area contributed by atoms with Crippen molar-refractivity contribution in [2.24, 2.45) is 0 Å². The van der Waals surface area contributed by atoms with Gasteiger partial charge in [0.15, 0.2) is 0 Å². The number of carbonyl (C=O) groups excluding carboxylic acids is 1. The molecule has 0 saturated carbocycles. The number of rotatable bonds is 8. The molecule has 0 spiro atoms. The van der Waals surface area contributed by atoms with Crippen LogP contribution in [0.1, 0.15) is 17.3 Å². The fourth-order valence-electron chi connectivity index (χ4n) is 2.42. The number of benzene rings is 2. The highest BCUT2D eigenvalue weighted by Crippen LogP contribution is 2.29. The lowest BCUT2D eigenvalue weighted by Gasteiger charge is -2.24. The highest BCUT2D eigenvalue weighted by atomic mass is 32.2. The first-order valence-electron chi connectivity index (χ1n) is 8.07. The standard InChI is InChI=1S/C18H21FN2O4S/c1-3-25-17-11-7-6-10-16(17)21(26(2,23)24)13-12-20-18(22)14-8-4-5-9-15(14)19/h4-11H,3,12-13H2,1-2H3,(H,20,22). The van der Waals surface area contributed by atoms with E-state index in [9.17, 15) is 17.6 Å². The summed E-state index contributed by atoms with van der Waals surface area (Å²) in [6.45, 7) is 2.19. The number of nitrogens with zero attached hydrogens (tertiary/aromatic N) is 1. The molecule has 0 aliphatic heterocycles. The van der Waals surface area contributed by atoms with E-state index in [1.807, 2.05) is 0 Å². The molecule has 0 heterocycles. The van der Waals surface area contributed by atoms with Crippen molar-refractivity contribution < 1.29 is 22.3 Å². The van der Waals surface area contributed by atoms with Gasteiger partial charge in [-0.3, -0.25) is 9.10 Å². The lowest BCUT2D eigenvalue weighted by molar-refractivity contribution is 0.0951. The first-order valence-corrected chi connectivity index (χ1v) is 9.91. The number of nitrogens with one attached hydrogen (secondary N) is 1. The molecule has 0 atom stereocenters. The molecule has 0 radical (unpaired) electrons. The predicted molar refractivity (Wildman–Crippen MR) is 98.5 cm³/mol. The zero-order valence-corrected chi connectivity index (χ0v) is 15.4. The van der Waals surface area contributed by atoms with E-state index in [2.05, 4.69) is 5.32 Å². The summed E-state index contributed by atoms with van der Waals surface area (Å²) in [4.78, 5) is 12.1. The van der Waals surface area contributed by atoms with Crippen molar-refractivity contribution in [2.75, 3.05) is 30.3 Å². The molecule has 0 aliphatic carbocycles. The average molecular weight is 380 g/mol. The summed E-state index contributed by atoms with van der Waals surface area (Å²) >= 11 is 0. The van der Waals surface area contributed by atoms with Crippen molar-refractivity contribution in [3.05, 3.63) is 59.9 Å². The smallest absolute Gasteiger partial charge is 0.254 e. The third-order valence-electron chi connectivity index (χ3n) is 3.55. The van der Waals surface area contributed by atoms with Crippen LogP contribution in [0.5, 0.6) is 5.75 Å². The molecule has 2 aromatic carbocycles. The number of hydrogen-bond acceptors (Lipinski definition) is 4. The second kappa shape index (κ2) is 8.66. The van der Waals surface area contributed by atoms with Gasteiger partial charge in [-0.25, -0.2) is 12.8 Å². The molecule has 0 saturated heterocycles. The summed E-state index contributed by atoms with van der Waals surface area (Å²) in [6.07, 6.45) is 1.08. The summed E-state index contributed by atoms with van der Waals surface area (Å²) in [5.41, 5.74) is 0.296. The van der Waals surface area contributed by atoms with Gasteiger partial charge < -0.3 is 10.1 Å². The van der Waals surface area contributed by atoms with Crippen LogP contribution in [0.3, 0.4) is 0 Å². The molecule has 1 N–H and O–H groups in total. The number of amides is 1. The number of sulfonamides is 1. The zero-order chi connectivity index (χ0) is 19.2. The number of carbonyl (C=O) groups is 1. The minimum absolute atomic E-state index is 0.0108. The Morgan fingerprint density at radius 2 is 1.81 bits per heavy atom. The normalized spacial score (nSPS) is 11.0. The minimum Gasteiger partial charge on any atom is -0.492 e. The van der Waals surface area contributed by atoms with Crippen LogP contribution in [-0.2, 0) is 10.0 Å². The average Bonchev–Trinajstić information content (AvgIpc) is 2.59. The summed E-state index contributed by atoms with van der Waals surface area (Å²) in [7, 11) is -3.60. The molecule has 1 amide bonds. The minimum atomic E-state index is -3.60. The van der Waals surface area contributed by atoms with Gasteiger partial charge in [-0.2, -0.15) is 0 Å². The van der Waals surface area contributed by atoms with E-state index in [1.54, 1.807) is 37.3 Å². The SMILES string of the molecule is CCOc1ccccc1N(CCNC(=O)c1ccccc1F)S(C)(=O)=O. The molecule has 2 rings (SSSR count). The Morgan fingerprint density at radius 3 is 2.46 bits per heavy atom. The largest absolute Gasteiger partial charge is 0.492 e. The highest BCUT2D eigenvalue weighted by molar-refractivity contribution is 7.92. The summed E-state index contributed by atoms with van der Waals surface area (Å²) in [5, 5.41) is 2.54. The van der Waals surface area contributed by atoms with E-state index in [0.29, 0.717) is 18.0 Å². The zero-order valence-electron chi connectivity index (χ0n) is 14.6. The third-order valence-corrected chi connectivity index (χ3v) is 4.73. The first kappa shape index (κ1) is 19.7. The quantitative estimate of drug-likeness (QED) is 0.763. The maximum atomic E-state index is 13.6. The molecule has 0 aliphatic rings. The van der Waals surface area contributed by atoms with Crippen molar-refractivity contribution in [2.45, 2.75) is 6.92 Å². The molecule has 2 aromatic rings. The van der Waals surface area contributed by atoms with Crippen molar-refractivity contribution in [3.63, 3.8) is 0 Å². The number of halogens is 1. The second-order valence-electron chi connectivity index (χ2n) is 5.47. The van der Waals surface area contributed by atoms with Crippen LogP contribution in [0.25, 0.3) is 0 Å². The van der Waals surface area contributed by atoms with Crippen LogP contribution < -0.4 is 14.4 Å². The first-order chi connectivity index (χ1) is 12.3. The van der Waals surface area contributed by atoms with Gasteiger partial charge in [-0.1, -0.05) is 24.3 Å². The molecular formula is C18H21FN2O4S. The Hall–Kier alpha value is -2.61. The van der Waals surface area contributed by atoms with Gasteiger partial charge in [0.1, 0.15) is 11.6 Å². The maximum Gasteiger partial charge on any atom is 0.254 e. The Morgan fingerprint density at radius 1 is 1.15 bits per heavy atom. The highest BCUT2D eigenvalue weighted by Gasteiger charge is 2.21. The molecule has 0 unspecified atom stereocenters. The van der Waals surface area contributed by atoms with E-state index >= 15 is 0 Å². The number of hydrogen-bond donors (Lipinski definition) is 1. The molecule has 0 bridgehead atoms. The van der Waals surface area contributed by atoms with Crippen LogP contribution in [0.2, 0.25) is 0 Å². The lowest BCUT2D eigenvalue weighted by Crippen LogP contribution is -2.38. The van der Waals surface area contributed by atoms with Crippen molar-refractivity contribution in [1.29, 1.82) is 0 Å². The number of para-hydroxylation sites is 2. The van der Waals surface area contributed by atoms with E-state index < -0.39 is 21.7 Å². The van der Waals surface area contributed by atoms with E-state index in [4.69, 9.17) is 4.74 Å². The van der Waals surface area contributed by atoms with E-state index in [0.717, 1.165) is 10.6 Å². The lowest BCUT2D eigenvalue weighted by atomic mass is 10.2. The Bertz CT molecular complexity index is 871. The van der Waals surface area contributed by atoms with E-state index in [1.165, 1.54) is 18.2 Å². The van der Waals surface area contributed by atoms with Gasteiger partial charge in [-0.05, 0) is 31.2 Å². The van der Waals surface area contributed by atoms with Crippen LogP contribution in [0, 0.1) is 5.82 Å². The fraction of sp³-hybridized carbons (Fsp3) is 0.278. The predicted octanol–water partition coefficient (Wildman–Crippen LogP) is 2.42. The van der Waals surface area contributed by atoms with E-state index in [-0.39, 0.29) is 18.7 Å². The van der Waals surface area contributed by atoms with Crippen LogP contribution in [-0.4, -0.2) is 40.3 Å². The number of ether oxygens (including phenoxy) is 1. The van der Waals surface area contributed by atoms with Gasteiger partial charge >= 0.3 is 0 Å². The summed E-state index contributed by atoms with van der Waals surface area (Å²) in [5.74, 6) is -0.804. The van der Waals surface area contributed by atoms with Crippen LogP contribution in [0.15, 0.2) is 48.5 Å². The molecule has 0 fully saturated rings. The molecule has 8 heteroatoms. The third kappa shape index (κ3) is 4.95. The Balaban J connectivity index is 2.13. The fourth-order valence-corrected chi connectivity index (χ4v) is 3.35. The Labute approximate surface area is 152 Å². The monoisotopic (exact) mass is 380 g/mol. The number of anilines is 1. The molecular weight excluding hydrogens is 359 g/mol. The maximum absolute atomic E-state index is 13.6. The van der Waals surface area contributed by atoms with Crippen molar-refractivity contribution in [3.8, 4) is 5.75 Å². The van der Waals surface area contributed by atoms with Gasteiger partial charge in [0.05, 0.1) is 30.7 Å². The molecule has 26 heavy (non-hydrogen) atoms. The van der Waals surface area contributed by atoms with Crippen molar-refractivity contribution in [1.82, 2.24) is 5.32 Å². The van der Waals surface area contributed by atoms with Gasteiger partial charge in [0.25, 0.3) is 5.91 Å².